The molecule has 0 heterocycles. The van der Waals surface area contributed by atoms with Gasteiger partial charge in [0, 0.05) is 5.56 Å². The van der Waals surface area contributed by atoms with Gasteiger partial charge in [-0.1, -0.05) is 29.4 Å². The minimum atomic E-state index is 0.0700. The molecule has 2 atom stereocenters. The van der Waals surface area contributed by atoms with Crippen LogP contribution in [0.1, 0.15) is 57.2 Å². The molecule has 0 saturated heterocycles. The Labute approximate surface area is 193 Å². The minimum absolute atomic E-state index is 0.0700. The molecule has 2 aromatic carbocycles. The molecule has 0 fully saturated rings. The number of oxime groups is 1. The van der Waals surface area contributed by atoms with Crippen molar-refractivity contribution in [3.63, 3.8) is 0 Å². The van der Waals surface area contributed by atoms with Gasteiger partial charge < -0.3 is 19.0 Å². The maximum Gasteiger partial charge on any atom is 0.125 e. The van der Waals surface area contributed by atoms with Crippen LogP contribution >= 0.6 is 0 Å². The quantitative estimate of drug-likeness (QED) is 0.211. The van der Waals surface area contributed by atoms with Crippen molar-refractivity contribution in [1.82, 2.24) is 0 Å². The maximum atomic E-state index is 6.28. The Balaban J connectivity index is 1.89. The van der Waals surface area contributed by atoms with Crippen molar-refractivity contribution in [2.75, 3.05) is 13.7 Å². The first-order chi connectivity index (χ1) is 15.3. The van der Waals surface area contributed by atoms with Gasteiger partial charge in [-0.05, 0) is 89.8 Å². The summed E-state index contributed by atoms with van der Waals surface area (Å²) in [5, 5.41) is 3.99. The lowest BCUT2D eigenvalue weighted by Crippen LogP contribution is -2.19. The minimum Gasteiger partial charge on any atom is -0.491 e. The lowest BCUT2D eigenvalue weighted by molar-refractivity contribution is 0.159. The van der Waals surface area contributed by atoms with Gasteiger partial charge in [0.1, 0.15) is 31.0 Å². The second-order valence-electron chi connectivity index (χ2n) is 8.09. The Morgan fingerprint density at radius 1 is 0.969 bits per heavy atom. The normalized spacial score (nSPS) is 13.7. The molecular weight excluding hydrogens is 402 g/mol. The van der Waals surface area contributed by atoms with E-state index < -0.39 is 0 Å². The SMILES string of the molecule is C/C=C/COc1cc(C)c(OC(C)CCC(C)Oc2cccc(/C(C)=N\OC)c2)c(C)c1. The largest absolute Gasteiger partial charge is 0.491 e. The number of allylic oxidation sites excluding steroid dienone is 1. The average molecular weight is 440 g/mol. The lowest BCUT2D eigenvalue weighted by atomic mass is 10.1. The number of hydrogen-bond donors (Lipinski definition) is 0. The van der Waals surface area contributed by atoms with E-state index in [1.165, 1.54) is 0 Å². The van der Waals surface area contributed by atoms with E-state index in [9.17, 15) is 0 Å². The summed E-state index contributed by atoms with van der Waals surface area (Å²) in [7, 11) is 1.55. The molecule has 0 saturated carbocycles. The first-order valence-corrected chi connectivity index (χ1v) is 11.2. The summed E-state index contributed by atoms with van der Waals surface area (Å²) in [4.78, 5) is 4.86. The smallest absolute Gasteiger partial charge is 0.125 e. The van der Waals surface area contributed by atoms with Crippen LogP contribution in [0.2, 0.25) is 0 Å². The highest BCUT2D eigenvalue weighted by molar-refractivity contribution is 5.98. The van der Waals surface area contributed by atoms with Gasteiger partial charge in [0.05, 0.1) is 17.9 Å². The van der Waals surface area contributed by atoms with Crippen LogP contribution in [0.3, 0.4) is 0 Å². The van der Waals surface area contributed by atoms with Gasteiger partial charge in [0.2, 0.25) is 0 Å². The fraction of sp³-hybridized carbons (Fsp3) is 0.444. The highest BCUT2D eigenvalue weighted by Gasteiger charge is 2.14. The standard InChI is InChI=1S/C27H37NO4/c1-8-9-15-30-26-16-19(2)27(20(3)17-26)32-22(5)14-13-21(4)31-25-12-10-11-24(18-25)23(6)28-29-7/h8-12,16-18,21-22H,13-15H2,1-7H3/b9-8+,28-23-. The highest BCUT2D eigenvalue weighted by atomic mass is 16.6. The third-order valence-electron chi connectivity index (χ3n) is 5.13. The summed E-state index contributed by atoms with van der Waals surface area (Å²) in [6.45, 7) is 12.8. The summed E-state index contributed by atoms with van der Waals surface area (Å²) < 4.78 is 18.2. The van der Waals surface area contributed by atoms with Crippen molar-refractivity contribution in [2.45, 2.75) is 66.6 Å². The Hall–Kier alpha value is -2.95. The first-order valence-electron chi connectivity index (χ1n) is 11.2. The predicted octanol–water partition coefficient (Wildman–Crippen LogP) is 6.64. The maximum absolute atomic E-state index is 6.28. The van der Waals surface area contributed by atoms with E-state index >= 15 is 0 Å². The molecule has 0 aromatic heterocycles. The molecule has 5 heteroatoms. The van der Waals surface area contributed by atoms with Crippen LogP contribution in [0.5, 0.6) is 17.2 Å². The van der Waals surface area contributed by atoms with Crippen molar-refractivity contribution in [3.05, 3.63) is 65.2 Å². The molecule has 32 heavy (non-hydrogen) atoms. The van der Waals surface area contributed by atoms with Crippen molar-refractivity contribution >= 4 is 5.71 Å². The fourth-order valence-corrected chi connectivity index (χ4v) is 3.43. The molecule has 174 valence electrons. The molecule has 0 aliphatic rings. The third-order valence-corrected chi connectivity index (χ3v) is 5.13. The Bertz CT molecular complexity index is 897. The number of nitrogens with zero attached hydrogens (tertiary/aromatic N) is 1. The van der Waals surface area contributed by atoms with Crippen LogP contribution in [0.4, 0.5) is 0 Å². The van der Waals surface area contributed by atoms with Crippen LogP contribution in [-0.2, 0) is 4.84 Å². The number of benzene rings is 2. The molecule has 0 bridgehead atoms. The molecule has 0 N–H and O–H groups in total. The summed E-state index contributed by atoms with van der Waals surface area (Å²) >= 11 is 0. The second kappa shape index (κ2) is 12.8. The van der Waals surface area contributed by atoms with Gasteiger partial charge in [-0.2, -0.15) is 0 Å². The summed E-state index contributed by atoms with van der Waals surface area (Å²) in [5.41, 5.74) is 3.97. The molecule has 0 aliphatic heterocycles. The number of aryl methyl sites for hydroxylation is 2. The Morgan fingerprint density at radius 3 is 2.25 bits per heavy atom. The number of hydrogen-bond acceptors (Lipinski definition) is 5. The number of rotatable bonds is 12. The van der Waals surface area contributed by atoms with Gasteiger partial charge in [-0.25, -0.2) is 0 Å². The number of ether oxygens (including phenoxy) is 3. The van der Waals surface area contributed by atoms with Gasteiger partial charge in [0.15, 0.2) is 0 Å². The molecule has 0 aliphatic carbocycles. The van der Waals surface area contributed by atoms with Crippen LogP contribution in [0.15, 0.2) is 53.7 Å². The summed E-state index contributed by atoms with van der Waals surface area (Å²) in [6.07, 6.45) is 5.90. The monoisotopic (exact) mass is 439 g/mol. The van der Waals surface area contributed by atoms with Gasteiger partial charge >= 0.3 is 0 Å². The van der Waals surface area contributed by atoms with Gasteiger partial charge in [-0.15, -0.1) is 0 Å². The molecular formula is C27H37NO4. The molecule has 2 rings (SSSR count). The van der Waals surface area contributed by atoms with Crippen LogP contribution < -0.4 is 14.2 Å². The Kier molecular flexibility index (Phi) is 10.1. The van der Waals surface area contributed by atoms with Crippen LogP contribution in [-0.4, -0.2) is 31.6 Å². The van der Waals surface area contributed by atoms with E-state index in [2.05, 4.69) is 32.9 Å². The zero-order valence-electron chi connectivity index (χ0n) is 20.5. The molecule has 5 nitrogen and oxygen atoms in total. The zero-order valence-corrected chi connectivity index (χ0v) is 20.5. The van der Waals surface area contributed by atoms with E-state index in [1.54, 1.807) is 7.11 Å². The molecule has 2 aromatic rings. The fourth-order valence-electron chi connectivity index (χ4n) is 3.43. The van der Waals surface area contributed by atoms with Crippen molar-refractivity contribution in [3.8, 4) is 17.2 Å². The second-order valence-corrected chi connectivity index (χ2v) is 8.09. The van der Waals surface area contributed by atoms with Crippen molar-refractivity contribution < 1.29 is 19.0 Å². The van der Waals surface area contributed by atoms with E-state index in [4.69, 9.17) is 19.0 Å². The highest BCUT2D eigenvalue weighted by Crippen LogP contribution is 2.30. The van der Waals surface area contributed by atoms with Crippen LogP contribution in [0.25, 0.3) is 0 Å². The Morgan fingerprint density at radius 2 is 1.62 bits per heavy atom. The van der Waals surface area contributed by atoms with E-state index in [0.29, 0.717) is 6.61 Å². The van der Waals surface area contributed by atoms with Crippen molar-refractivity contribution in [1.29, 1.82) is 0 Å². The molecule has 0 radical (unpaired) electrons. The van der Waals surface area contributed by atoms with Gasteiger partial charge in [-0.3, -0.25) is 0 Å². The van der Waals surface area contributed by atoms with Crippen LogP contribution in [0, 0.1) is 13.8 Å². The van der Waals surface area contributed by atoms with E-state index in [0.717, 1.165) is 52.5 Å². The molecule has 2 unspecified atom stereocenters. The van der Waals surface area contributed by atoms with E-state index in [-0.39, 0.29) is 12.2 Å². The van der Waals surface area contributed by atoms with Gasteiger partial charge in [0.25, 0.3) is 0 Å². The summed E-state index contributed by atoms with van der Waals surface area (Å²) in [6, 6.07) is 12.0. The zero-order chi connectivity index (χ0) is 23.5. The van der Waals surface area contributed by atoms with Crippen molar-refractivity contribution in [2.24, 2.45) is 5.16 Å². The predicted molar refractivity (Wildman–Crippen MR) is 131 cm³/mol. The lowest BCUT2D eigenvalue weighted by Gasteiger charge is -2.21. The first kappa shape index (κ1) is 25.3. The molecule has 0 amide bonds. The molecule has 0 spiro atoms. The third kappa shape index (κ3) is 7.95. The summed E-state index contributed by atoms with van der Waals surface area (Å²) in [5.74, 6) is 2.63. The average Bonchev–Trinajstić information content (AvgIpc) is 2.75. The van der Waals surface area contributed by atoms with E-state index in [1.807, 2.05) is 62.4 Å². The topological polar surface area (TPSA) is 49.3 Å².